The number of nitrogens with zero attached hydrogens (tertiary/aromatic N) is 1. The van der Waals surface area contributed by atoms with Crippen molar-refractivity contribution in [2.75, 3.05) is 0 Å². The van der Waals surface area contributed by atoms with E-state index in [0.717, 1.165) is 21.9 Å². The van der Waals surface area contributed by atoms with Crippen molar-refractivity contribution < 1.29 is 9.21 Å². The second kappa shape index (κ2) is 5.35. The number of carbonyl (C=O) groups excluding carboxylic acids is 1. The highest BCUT2D eigenvalue weighted by molar-refractivity contribution is 7.12. The summed E-state index contributed by atoms with van der Waals surface area (Å²) in [6, 6.07) is 9.39. The molecule has 0 fully saturated rings. The van der Waals surface area contributed by atoms with E-state index in [1.807, 2.05) is 54.8 Å². The Morgan fingerprint density at radius 3 is 2.85 bits per heavy atom. The second-order valence-corrected chi connectivity index (χ2v) is 5.31. The molecular weight excluding hydrogens is 270 g/mol. The van der Waals surface area contributed by atoms with Gasteiger partial charge in [-0.15, -0.1) is 11.3 Å². The first kappa shape index (κ1) is 12.7. The van der Waals surface area contributed by atoms with E-state index in [0.29, 0.717) is 0 Å². The monoisotopic (exact) mass is 283 g/mol. The van der Waals surface area contributed by atoms with Gasteiger partial charge >= 0.3 is 0 Å². The van der Waals surface area contributed by atoms with E-state index in [2.05, 4.69) is 0 Å². The van der Waals surface area contributed by atoms with Gasteiger partial charge in [0, 0.05) is 11.9 Å². The molecule has 3 heterocycles. The van der Waals surface area contributed by atoms with E-state index in [9.17, 15) is 4.79 Å². The van der Waals surface area contributed by atoms with Crippen molar-refractivity contribution in [3.05, 3.63) is 70.1 Å². The number of aromatic nitrogens is 1. The standard InChI is InChI=1S/C16H13NO2S/c1-12-13(6-7-14-4-2-10-19-14)8-9-17(12)16(18)15-5-3-11-20-15/h2-11H,1H3/b7-6+. The number of furan rings is 1. The van der Waals surface area contributed by atoms with Gasteiger partial charge in [0.1, 0.15) is 5.76 Å². The molecule has 0 aromatic carbocycles. The van der Waals surface area contributed by atoms with Crippen molar-refractivity contribution in [3.8, 4) is 0 Å². The van der Waals surface area contributed by atoms with Gasteiger partial charge in [0.15, 0.2) is 0 Å². The van der Waals surface area contributed by atoms with Crippen LogP contribution in [0.4, 0.5) is 0 Å². The van der Waals surface area contributed by atoms with Crippen LogP contribution in [-0.2, 0) is 0 Å². The van der Waals surface area contributed by atoms with Crippen molar-refractivity contribution in [1.82, 2.24) is 4.57 Å². The van der Waals surface area contributed by atoms with Gasteiger partial charge in [0.05, 0.1) is 11.1 Å². The molecule has 0 atom stereocenters. The van der Waals surface area contributed by atoms with Crippen LogP contribution in [0.3, 0.4) is 0 Å². The van der Waals surface area contributed by atoms with Gasteiger partial charge < -0.3 is 4.42 Å². The molecule has 0 N–H and O–H groups in total. The van der Waals surface area contributed by atoms with Gasteiger partial charge in [-0.25, -0.2) is 0 Å². The van der Waals surface area contributed by atoms with Crippen LogP contribution in [0.2, 0.25) is 0 Å². The van der Waals surface area contributed by atoms with Crippen LogP contribution in [0.5, 0.6) is 0 Å². The highest BCUT2D eigenvalue weighted by atomic mass is 32.1. The van der Waals surface area contributed by atoms with Crippen molar-refractivity contribution >= 4 is 29.4 Å². The Balaban J connectivity index is 1.87. The number of carbonyl (C=O) groups is 1. The summed E-state index contributed by atoms with van der Waals surface area (Å²) in [4.78, 5) is 13.0. The highest BCUT2D eigenvalue weighted by Gasteiger charge is 2.12. The van der Waals surface area contributed by atoms with Gasteiger partial charge in [0.25, 0.3) is 5.91 Å². The number of hydrogen-bond donors (Lipinski definition) is 0. The molecule has 0 aliphatic heterocycles. The van der Waals surface area contributed by atoms with Crippen LogP contribution in [0, 0.1) is 6.92 Å². The molecule has 0 spiro atoms. The molecule has 0 aliphatic carbocycles. The van der Waals surface area contributed by atoms with Crippen molar-refractivity contribution in [2.24, 2.45) is 0 Å². The molecule has 3 rings (SSSR count). The summed E-state index contributed by atoms with van der Waals surface area (Å²) in [6.07, 6.45) is 7.28. The first-order valence-corrected chi connectivity index (χ1v) is 7.11. The molecule has 3 aromatic heterocycles. The lowest BCUT2D eigenvalue weighted by Crippen LogP contribution is -2.10. The molecule has 100 valence electrons. The molecule has 0 bridgehead atoms. The molecule has 3 nitrogen and oxygen atoms in total. The van der Waals surface area contributed by atoms with E-state index < -0.39 is 0 Å². The van der Waals surface area contributed by atoms with Gasteiger partial charge in [0.2, 0.25) is 0 Å². The van der Waals surface area contributed by atoms with E-state index >= 15 is 0 Å². The molecule has 0 radical (unpaired) electrons. The predicted molar refractivity (Wildman–Crippen MR) is 80.9 cm³/mol. The van der Waals surface area contributed by atoms with Gasteiger partial charge in [-0.05, 0) is 54.3 Å². The predicted octanol–water partition coefficient (Wildman–Crippen LogP) is 4.31. The van der Waals surface area contributed by atoms with Gasteiger partial charge in [-0.1, -0.05) is 6.07 Å². The minimum absolute atomic E-state index is 0.00940. The number of rotatable bonds is 3. The Bertz CT molecular complexity index is 734. The average Bonchev–Trinajstić information content (AvgIpc) is 3.19. The maximum absolute atomic E-state index is 12.3. The molecule has 0 unspecified atom stereocenters. The second-order valence-electron chi connectivity index (χ2n) is 4.36. The van der Waals surface area contributed by atoms with Crippen molar-refractivity contribution in [3.63, 3.8) is 0 Å². The maximum Gasteiger partial charge on any atom is 0.272 e. The summed E-state index contributed by atoms with van der Waals surface area (Å²) in [5, 5.41) is 1.91. The zero-order chi connectivity index (χ0) is 13.9. The molecule has 20 heavy (non-hydrogen) atoms. The van der Waals surface area contributed by atoms with Crippen LogP contribution in [0.25, 0.3) is 12.2 Å². The fourth-order valence-electron chi connectivity index (χ4n) is 2.00. The fraction of sp³-hybridized carbons (Fsp3) is 0.0625. The van der Waals surface area contributed by atoms with E-state index in [1.165, 1.54) is 11.3 Å². The maximum atomic E-state index is 12.3. The molecular formula is C16H13NO2S. The Hall–Kier alpha value is -2.33. The first-order valence-electron chi connectivity index (χ1n) is 6.23. The molecule has 0 aliphatic rings. The molecule has 0 saturated carbocycles. The van der Waals surface area contributed by atoms with E-state index in [1.54, 1.807) is 17.0 Å². The summed E-state index contributed by atoms with van der Waals surface area (Å²) in [5.41, 5.74) is 1.93. The smallest absolute Gasteiger partial charge is 0.272 e. The summed E-state index contributed by atoms with van der Waals surface area (Å²) in [5.74, 6) is 0.803. The molecule has 0 amide bonds. The lowest BCUT2D eigenvalue weighted by molar-refractivity contribution is 0.0962. The third-order valence-corrected chi connectivity index (χ3v) is 3.96. The van der Waals surface area contributed by atoms with Crippen molar-refractivity contribution in [1.29, 1.82) is 0 Å². The average molecular weight is 283 g/mol. The number of hydrogen-bond acceptors (Lipinski definition) is 3. The quantitative estimate of drug-likeness (QED) is 0.718. The SMILES string of the molecule is Cc1c(/C=C/c2ccco2)ccn1C(=O)c1cccs1. The molecule has 0 saturated heterocycles. The lowest BCUT2D eigenvalue weighted by atomic mass is 10.2. The molecule has 4 heteroatoms. The zero-order valence-electron chi connectivity index (χ0n) is 10.9. The van der Waals surface area contributed by atoms with Crippen LogP contribution < -0.4 is 0 Å². The highest BCUT2D eigenvalue weighted by Crippen LogP contribution is 2.18. The van der Waals surface area contributed by atoms with Gasteiger partial charge in [-0.2, -0.15) is 0 Å². The Morgan fingerprint density at radius 1 is 1.25 bits per heavy atom. The third-order valence-electron chi connectivity index (χ3n) is 3.10. The minimum atomic E-state index is 0.00940. The Morgan fingerprint density at radius 2 is 2.15 bits per heavy atom. The lowest BCUT2D eigenvalue weighted by Gasteiger charge is -2.02. The van der Waals surface area contributed by atoms with Crippen LogP contribution >= 0.6 is 11.3 Å². The van der Waals surface area contributed by atoms with Crippen LogP contribution in [-0.4, -0.2) is 10.5 Å². The Labute approximate surface area is 120 Å². The molecule has 3 aromatic rings. The fourth-order valence-corrected chi connectivity index (χ4v) is 2.66. The third kappa shape index (κ3) is 2.38. The summed E-state index contributed by atoms with van der Waals surface area (Å²) >= 11 is 1.45. The zero-order valence-corrected chi connectivity index (χ0v) is 11.8. The van der Waals surface area contributed by atoms with E-state index in [-0.39, 0.29) is 5.91 Å². The summed E-state index contributed by atoms with van der Waals surface area (Å²) < 4.78 is 6.92. The normalized spacial score (nSPS) is 11.2. The van der Waals surface area contributed by atoms with Crippen LogP contribution in [0.15, 0.2) is 52.6 Å². The topological polar surface area (TPSA) is 35.1 Å². The first-order chi connectivity index (χ1) is 9.75. The minimum Gasteiger partial charge on any atom is -0.465 e. The largest absolute Gasteiger partial charge is 0.465 e. The summed E-state index contributed by atoms with van der Waals surface area (Å²) in [6.45, 7) is 1.94. The summed E-state index contributed by atoms with van der Waals surface area (Å²) in [7, 11) is 0. The number of thiophene rings is 1. The van der Waals surface area contributed by atoms with E-state index in [4.69, 9.17) is 4.42 Å². The van der Waals surface area contributed by atoms with Crippen LogP contribution in [0.1, 0.15) is 26.7 Å². The Kier molecular flexibility index (Phi) is 3.39. The van der Waals surface area contributed by atoms with Crippen molar-refractivity contribution in [2.45, 2.75) is 6.92 Å². The van der Waals surface area contributed by atoms with Gasteiger partial charge in [-0.3, -0.25) is 9.36 Å².